The Hall–Kier alpha value is -1.16. The first-order valence-corrected chi connectivity index (χ1v) is 6.66. The fourth-order valence-electron chi connectivity index (χ4n) is 1.89. The molecule has 0 unspecified atom stereocenters. The van der Waals surface area contributed by atoms with Gasteiger partial charge in [-0.2, -0.15) is 5.10 Å². The number of halogens is 1. The van der Waals surface area contributed by atoms with E-state index in [-0.39, 0.29) is 0 Å². The number of hydrogen-bond donors (Lipinski definition) is 0. The molecule has 0 N–H and O–H groups in total. The summed E-state index contributed by atoms with van der Waals surface area (Å²) in [7, 11) is 1.98. The molecular formula is C13H14BrN3. The molecule has 0 aliphatic heterocycles. The fourth-order valence-corrected chi connectivity index (χ4v) is 2.16. The molecule has 88 valence electrons. The number of aromatic nitrogens is 3. The third-order valence-electron chi connectivity index (χ3n) is 3.09. The highest BCUT2D eigenvalue weighted by Crippen LogP contribution is 2.38. The van der Waals surface area contributed by atoms with E-state index in [1.807, 2.05) is 11.7 Å². The van der Waals surface area contributed by atoms with Crippen LogP contribution in [-0.2, 0) is 13.5 Å². The second-order valence-electron chi connectivity index (χ2n) is 4.59. The van der Waals surface area contributed by atoms with Crippen LogP contribution in [0.4, 0.5) is 0 Å². The van der Waals surface area contributed by atoms with E-state index in [1.165, 1.54) is 18.4 Å². The fraction of sp³-hybridized carbons (Fsp3) is 0.385. The van der Waals surface area contributed by atoms with Gasteiger partial charge >= 0.3 is 0 Å². The van der Waals surface area contributed by atoms with Gasteiger partial charge in [0.15, 0.2) is 5.82 Å². The van der Waals surface area contributed by atoms with E-state index in [0.29, 0.717) is 5.92 Å². The Kier molecular flexibility index (Phi) is 2.74. The molecule has 0 bridgehead atoms. The van der Waals surface area contributed by atoms with Crippen molar-refractivity contribution in [2.45, 2.75) is 25.2 Å². The molecule has 1 aliphatic rings. The van der Waals surface area contributed by atoms with Gasteiger partial charge in [0.25, 0.3) is 0 Å². The lowest BCUT2D eigenvalue weighted by molar-refractivity contribution is 0.706. The van der Waals surface area contributed by atoms with Crippen LogP contribution in [0, 0.1) is 0 Å². The number of rotatable bonds is 3. The topological polar surface area (TPSA) is 30.7 Å². The maximum absolute atomic E-state index is 4.63. The summed E-state index contributed by atoms with van der Waals surface area (Å²) in [6.07, 6.45) is 3.35. The van der Waals surface area contributed by atoms with Gasteiger partial charge in [0.05, 0.1) is 0 Å². The standard InChI is InChI=1S/C13H14BrN3/c1-17-12(15-13(16-17)10-4-5-10)8-9-2-6-11(14)7-3-9/h2-3,6-7,10H,4-5,8H2,1H3. The predicted molar refractivity (Wildman–Crippen MR) is 69.9 cm³/mol. The molecule has 1 aromatic carbocycles. The Balaban J connectivity index is 1.81. The summed E-state index contributed by atoms with van der Waals surface area (Å²) < 4.78 is 3.02. The van der Waals surface area contributed by atoms with Crippen LogP contribution >= 0.6 is 15.9 Å². The lowest BCUT2D eigenvalue weighted by atomic mass is 10.1. The molecule has 3 nitrogen and oxygen atoms in total. The van der Waals surface area contributed by atoms with Gasteiger partial charge in [0.1, 0.15) is 5.82 Å². The largest absolute Gasteiger partial charge is 0.253 e. The molecule has 1 aromatic heterocycles. The van der Waals surface area contributed by atoms with Crippen molar-refractivity contribution in [3.8, 4) is 0 Å². The molecule has 3 rings (SSSR count). The lowest BCUT2D eigenvalue weighted by Gasteiger charge is -2.00. The summed E-state index contributed by atoms with van der Waals surface area (Å²) in [5.41, 5.74) is 1.27. The minimum atomic E-state index is 0.625. The van der Waals surface area contributed by atoms with Crippen molar-refractivity contribution in [3.05, 3.63) is 46.0 Å². The van der Waals surface area contributed by atoms with E-state index < -0.39 is 0 Å². The maximum Gasteiger partial charge on any atom is 0.154 e. The van der Waals surface area contributed by atoms with Crippen molar-refractivity contribution in [1.82, 2.24) is 14.8 Å². The molecule has 0 atom stereocenters. The monoisotopic (exact) mass is 291 g/mol. The van der Waals surface area contributed by atoms with E-state index >= 15 is 0 Å². The smallest absolute Gasteiger partial charge is 0.154 e. The molecule has 0 amide bonds. The summed E-state index contributed by atoms with van der Waals surface area (Å²) >= 11 is 3.44. The summed E-state index contributed by atoms with van der Waals surface area (Å²) in [4.78, 5) is 4.63. The molecule has 1 saturated carbocycles. The van der Waals surface area contributed by atoms with Gasteiger partial charge in [0.2, 0.25) is 0 Å². The number of benzene rings is 1. The highest BCUT2D eigenvalue weighted by atomic mass is 79.9. The minimum Gasteiger partial charge on any atom is -0.253 e. The van der Waals surface area contributed by atoms with Crippen molar-refractivity contribution in [3.63, 3.8) is 0 Å². The average molecular weight is 292 g/mol. The van der Waals surface area contributed by atoms with Crippen molar-refractivity contribution < 1.29 is 0 Å². The highest BCUT2D eigenvalue weighted by molar-refractivity contribution is 9.10. The third-order valence-corrected chi connectivity index (χ3v) is 3.62. The Morgan fingerprint density at radius 2 is 2.00 bits per heavy atom. The van der Waals surface area contributed by atoms with E-state index in [9.17, 15) is 0 Å². The van der Waals surface area contributed by atoms with Crippen molar-refractivity contribution >= 4 is 15.9 Å². The lowest BCUT2D eigenvalue weighted by Crippen LogP contribution is -2.00. The molecule has 4 heteroatoms. The molecule has 0 spiro atoms. The molecule has 17 heavy (non-hydrogen) atoms. The van der Waals surface area contributed by atoms with Crippen LogP contribution in [0.25, 0.3) is 0 Å². The maximum atomic E-state index is 4.63. The normalized spacial score (nSPS) is 15.2. The van der Waals surface area contributed by atoms with Crippen LogP contribution in [0.15, 0.2) is 28.7 Å². The second-order valence-corrected chi connectivity index (χ2v) is 5.50. The molecular weight excluding hydrogens is 278 g/mol. The number of aryl methyl sites for hydroxylation is 1. The van der Waals surface area contributed by atoms with Gasteiger partial charge in [-0.3, -0.25) is 4.68 Å². The van der Waals surface area contributed by atoms with Gasteiger partial charge in [-0.1, -0.05) is 28.1 Å². The highest BCUT2D eigenvalue weighted by Gasteiger charge is 2.28. The Bertz CT molecular complexity index is 526. The van der Waals surface area contributed by atoms with Gasteiger partial charge in [-0.05, 0) is 30.5 Å². The van der Waals surface area contributed by atoms with Gasteiger partial charge < -0.3 is 0 Å². The Labute approximate surface area is 109 Å². The predicted octanol–water partition coefficient (Wildman–Crippen LogP) is 3.05. The van der Waals surface area contributed by atoms with E-state index in [0.717, 1.165) is 22.5 Å². The van der Waals surface area contributed by atoms with Gasteiger partial charge in [-0.25, -0.2) is 4.98 Å². The molecule has 0 saturated heterocycles. The Morgan fingerprint density at radius 3 is 2.65 bits per heavy atom. The summed E-state index contributed by atoms with van der Waals surface area (Å²) in [5.74, 6) is 2.70. The number of hydrogen-bond acceptors (Lipinski definition) is 2. The number of nitrogens with zero attached hydrogens (tertiary/aromatic N) is 3. The van der Waals surface area contributed by atoms with Crippen LogP contribution in [-0.4, -0.2) is 14.8 Å². The van der Waals surface area contributed by atoms with Crippen LogP contribution in [0.5, 0.6) is 0 Å². The van der Waals surface area contributed by atoms with Crippen LogP contribution in [0.2, 0.25) is 0 Å². The van der Waals surface area contributed by atoms with Crippen molar-refractivity contribution in [1.29, 1.82) is 0 Å². The van der Waals surface area contributed by atoms with Crippen LogP contribution < -0.4 is 0 Å². The molecule has 0 radical (unpaired) electrons. The summed E-state index contributed by atoms with van der Waals surface area (Å²) in [5, 5.41) is 4.48. The SMILES string of the molecule is Cn1nc(C2CC2)nc1Cc1ccc(Br)cc1. The van der Waals surface area contributed by atoms with Crippen LogP contribution in [0.1, 0.15) is 36.0 Å². The second kappa shape index (κ2) is 4.26. The van der Waals surface area contributed by atoms with E-state index in [1.54, 1.807) is 0 Å². The summed E-state index contributed by atoms with van der Waals surface area (Å²) in [6, 6.07) is 8.37. The molecule has 1 fully saturated rings. The quantitative estimate of drug-likeness (QED) is 0.870. The van der Waals surface area contributed by atoms with Gasteiger partial charge in [-0.15, -0.1) is 0 Å². The first-order valence-electron chi connectivity index (χ1n) is 5.86. The first kappa shape index (κ1) is 11.0. The zero-order valence-electron chi connectivity index (χ0n) is 9.73. The van der Waals surface area contributed by atoms with Gasteiger partial charge in [0, 0.05) is 23.9 Å². The minimum absolute atomic E-state index is 0.625. The first-order chi connectivity index (χ1) is 8.22. The molecule has 1 heterocycles. The zero-order valence-corrected chi connectivity index (χ0v) is 11.3. The van der Waals surface area contributed by atoms with Crippen LogP contribution in [0.3, 0.4) is 0 Å². The third kappa shape index (κ3) is 2.41. The summed E-state index contributed by atoms with van der Waals surface area (Å²) in [6.45, 7) is 0. The van der Waals surface area contributed by atoms with E-state index in [4.69, 9.17) is 0 Å². The Morgan fingerprint density at radius 1 is 1.29 bits per heavy atom. The van der Waals surface area contributed by atoms with Crippen molar-refractivity contribution in [2.75, 3.05) is 0 Å². The van der Waals surface area contributed by atoms with Crippen molar-refractivity contribution in [2.24, 2.45) is 7.05 Å². The molecule has 2 aromatic rings. The zero-order chi connectivity index (χ0) is 11.8. The average Bonchev–Trinajstić information content (AvgIpc) is 3.09. The van der Waals surface area contributed by atoms with E-state index in [2.05, 4.69) is 50.3 Å². The molecule has 1 aliphatic carbocycles.